The molecule has 13 heteroatoms. The largest absolute Gasteiger partial charge is 0.479 e. The van der Waals surface area contributed by atoms with Crippen LogP contribution in [0.2, 0.25) is 0 Å². The number of methoxy groups -OCH3 is 1. The number of halogens is 4. The van der Waals surface area contributed by atoms with Crippen LogP contribution in [-0.4, -0.2) is 74.4 Å². The minimum absolute atomic E-state index is 0.0230. The van der Waals surface area contributed by atoms with Gasteiger partial charge in [0.05, 0.1) is 44.3 Å². The van der Waals surface area contributed by atoms with Crippen LogP contribution in [0.5, 0.6) is 5.88 Å². The van der Waals surface area contributed by atoms with Crippen LogP contribution in [0.15, 0.2) is 24.7 Å². The molecule has 0 unspecified atom stereocenters. The molecule has 6 rings (SSSR count). The van der Waals surface area contributed by atoms with Crippen LogP contribution < -0.4 is 10.1 Å². The SMILES string of the molecule is COc1nc(NC2CCN(C3COC3)CC2)nn2cc(F)c(-c3cc(F)c4ncc(C(F)F)n4c3)c12. The molecule has 0 saturated carbocycles. The monoisotopic (exact) mass is 505 g/mol. The molecule has 0 radical (unpaired) electrons. The third kappa shape index (κ3) is 3.82. The first-order valence-electron chi connectivity index (χ1n) is 11.6. The molecule has 2 aliphatic heterocycles. The molecule has 0 bridgehead atoms. The van der Waals surface area contributed by atoms with Gasteiger partial charge in [-0.3, -0.25) is 9.30 Å². The number of aromatic nitrogens is 5. The van der Waals surface area contributed by atoms with E-state index in [2.05, 4.69) is 25.3 Å². The Bertz CT molecular complexity index is 1430. The van der Waals surface area contributed by atoms with E-state index in [1.807, 2.05) is 0 Å². The summed E-state index contributed by atoms with van der Waals surface area (Å²) in [7, 11) is 1.38. The quantitative estimate of drug-likeness (QED) is 0.402. The number of ether oxygens (including phenoxy) is 2. The van der Waals surface area contributed by atoms with Gasteiger partial charge < -0.3 is 14.8 Å². The molecule has 2 saturated heterocycles. The topological polar surface area (TPSA) is 81.2 Å². The zero-order chi connectivity index (χ0) is 25.0. The third-order valence-corrected chi connectivity index (χ3v) is 6.85. The van der Waals surface area contributed by atoms with Gasteiger partial charge in [0, 0.05) is 30.9 Å². The molecular formula is C23H23F4N7O2. The summed E-state index contributed by atoms with van der Waals surface area (Å²) in [5, 5.41) is 7.70. The fourth-order valence-electron chi connectivity index (χ4n) is 4.89. The first kappa shape index (κ1) is 23.0. The van der Waals surface area contributed by atoms with Gasteiger partial charge in [-0.15, -0.1) is 5.10 Å². The van der Waals surface area contributed by atoms with E-state index in [0.29, 0.717) is 6.04 Å². The van der Waals surface area contributed by atoms with Crippen molar-refractivity contribution < 1.29 is 27.0 Å². The first-order chi connectivity index (χ1) is 17.4. The van der Waals surface area contributed by atoms with Crippen LogP contribution >= 0.6 is 0 Å². The molecule has 9 nitrogen and oxygen atoms in total. The van der Waals surface area contributed by atoms with Crippen molar-refractivity contribution in [3.05, 3.63) is 42.0 Å². The van der Waals surface area contributed by atoms with E-state index in [9.17, 15) is 13.2 Å². The number of hydrogen-bond donors (Lipinski definition) is 1. The van der Waals surface area contributed by atoms with Gasteiger partial charge in [-0.2, -0.15) is 4.98 Å². The maximum atomic E-state index is 15.2. The van der Waals surface area contributed by atoms with E-state index in [1.165, 1.54) is 17.8 Å². The zero-order valence-corrected chi connectivity index (χ0v) is 19.3. The Labute approximate surface area is 202 Å². The van der Waals surface area contributed by atoms with Crippen LogP contribution in [0.25, 0.3) is 22.3 Å². The van der Waals surface area contributed by atoms with Gasteiger partial charge >= 0.3 is 0 Å². The lowest BCUT2D eigenvalue weighted by Gasteiger charge is -2.41. The summed E-state index contributed by atoms with van der Waals surface area (Å²) in [6.45, 7) is 3.40. The average Bonchev–Trinajstić information content (AvgIpc) is 3.39. The summed E-state index contributed by atoms with van der Waals surface area (Å²) in [5.74, 6) is -1.26. The molecule has 4 aromatic rings. The van der Waals surface area contributed by atoms with Crippen molar-refractivity contribution in [1.29, 1.82) is 0 Å². The van der Waals surface area contributed by atoms with Crippen LogP contribution in [0.3, 0.4) is 0 Å². The second-order valence-corrected chi connectivity index (χ2v) is 8.99. The number of rotatable bonds is 6. The highest BCUT2D eigenvalue weighted by atomic mass is 19.3. The molecule has 0 atom stereocenters. The lowest BCUT2D eigenvalue weighted by molar-refractivity contribution is -0.0705. The van der Waals surface area contributed by atoms with Gasteiger partial charge in [0.1, 0.15) is 11.2 Å². The van der Waals surface area contributed by atoms with Gasteiger partial charge in [-0.1, -0.05) is 0 Å². The van der Waals surface area contributed by atoms with Gasteiger partial charge in [0.25, 0.3) is 6.43 Å². The average molecular weight is 505 g/mol. The molecule has 2 aliphatic rings. The number of imidazole rings is 1. The van der Waals surface area contributed by atoms with Crippen molar-refractivity contribution >= 4 is 17.1 Å². The third-order valence-electron chi connectivity index (χ3n) is 6.85. The molecule has 1 N–H and O–H groups in total. The predicted molar refractivity (Wildman–Crippen MR) is 121 cm³/mol. The first-order valence-corrected chi connectivity index (χ1v) is 11.6. The fraction of sp³-hybridized carbons (Fsp3) is 0.435. The maximum Gasteiger partial charge on any atom is 0.280 e. The molecule has 0 amide bonds. The van der Waals surface area contributed by atoms with Crippen molar-refractivity contribution in [2.24, 2.45) is 0 Å². The molecule has 0 aromatic carbocycles. The predicted octanol–water partition coefficient (Wildman–Crippen LogP) is 3.54. The van der Waals surface area contributed by atoms with Crippen LogP contribution in [0, 0.1) is 11.6 Å². The number of piperidine rings is 1. The highest BCUT2D eigenvalue weighted by Crippen LogP contribution is 2.36. The Balaban J connectivity index is 1.34. The van der Waals surface area contributed by atoms with Gasteiger partial charge in [0.2, 0.25) is 11.8 Å². The maximum absolute atomic E-state index is 15.2. The van der Waals surface area contributed by atoms with Crippen molar-refractivity contribution in [2.75, 3.05) is 38.7 Å². The van der Waals surface area contributed by atoms with Crippen molar-refractivity contribution in [2.45, 2.75) is 31.4 Å². The van der Waals surface area contributed by atoms with E-state index in [-0.39, 0.29) is 40.2 Å². The summed E-state index contributed by atoms with van der Waals surface area (Å²) in [5.41, 5.74) is -0.666. The number of likely N-dealkylation sites (tertiary alicyclic amines) is 1. The minimum atomic E-state index is -2.88. The standard InChI is InChI=1S/C23H23F4N7O2/c1-35-22-19-18(12-6-15(24)21-28-7-17(20(26)27)33(21)8-12)16(25)9-34(19)31-23(30-22)29-13-2-4-32(5-3-13)14-10-36-11-14/h6-9,13-14,20H,2-5,10-11H2,1H3,(H,29,31). The number of alkyl halides is 2. The summed E-state index contributed by atoms with van der Waals surface area (Å²) in [4.78, 5) is 10.5. The highest BCUT2D eigenvalue weighted by Gasteiger charge is 2.30. The fourth-order valence-corrected chi connectivity index (χ4v) is 4.89. The molecule has 0 aliphatic carbocycles. The van der Waals surface area contributed by atoms with Gasteiger partial charge in [0.15, 0.2) is 17.3 Å². The normalized spacial score (nSPS) is 17.8. The van der Waals surface area contributed by atoms with Crippen molar-refractivity contribution in [1.82, 2.24) is 28.9 Å². The van der Waals surface area contributed by atoms with E-state index in [0.717, 1.165) is 62.0 Å². The van der Waals surface area contributed by atoms with Crippen LogP contribution in [0.4, 0.5) is 23.5 Å². The number of nitrogens with one attached hydrogen (secondary N) is 1. The smallest absolute Gasteiger partial charge is 0.280 e. The second kappa shape index (κ2) is 8.89. The minimum Gasteiger partial charge on any atom is -0.479 e. The number of nitrogens with zero attached hydrogens (tertiary/aromatic N) is 6. The number of fused-ring (bicyclic) bond motifs is 2. The van der Waals surface area contributed by atoms with E-state index >= 15 is 4.39 Å². The lowest BCUT2D eigenvalue weighted by atomic mass is 10.0. The molecule has 4 aromatic heterocycles. The van der Waals surface area contributed by atoms with Crippen LogP contribution in [-0.2, 0) is 4.74 Å². The zero-order valence-electron chi connectivity index (χ0n) is 19.3. The van der Waals surface area contributed by atoms with Crippen LogP contribution in [0.1, 0.15) is 25.0 Å². The molecular weight excluding hydrogens is 482 g/mol. The van der Waals surface area contributed by atoms with E-state index in [4.69, 9.17) is 9.47 Å². The molecule has 190 valence electrons. The molecule has 6 heterocycles. The highest BCUT2D eigenvalue weighted by molar-refractivity contribution is 5.85. The molecule has 2 fully saturated rings. The number of anilines is 1. The van der Waals surface area contributed by atoms with E-state index < -0.39 is 23.8 Å². The Kier molecular flexibility index (Phi) is 5.67. The molecule has 36 heavy (non-hydrogen) atoms. The van der Waals surface area contributed by atoms with Crippen molar-refractivity contribution in [3.8, 4) is 17.0 Å². The van der Waals surface area contributed by atoms with Gasteiger partial charge in [-0.25, -0.2) is 27.1 Å². The number of hydrogen-bond acceptors (Lipinski definition) is 7. The molecule has 0 spiro atoms. The second-order valence-electron chi connectivity index (χ2n) is 8.99. The summed E-state index contributed by atoms with van der Waals surface area (Å²) >= 11 is 0. The summed E-state index contributed by atoms with van der Waals surface area (Å²) in [6, 6.07) is 1.67. The van der Waals surface area contributed by atoms with Crippen molar-refractivity contribution in [3.63, 3.8) is 0 Å². The Morgan fingerprint density at radius 2 is 1.92 bits per heavy atom. The van der Waals surface area contributed by atoms with Gasteiger partial charge in [-0.05, 0) is 18.9 Å². The summed E-state index contributed by atoms with van der Waals surface area (Å²) < 4.78 is 69.6. The lowest BCUT2D eigenvalue weighted by Crippen LogP contribution is -2.53. The van der Waals surface area contributed by atoms with E-state index in [1.54, 1.807) is 0 Å². The Morgan fingerprint density at radius 1 is 1.14 bits per heavy atom. The Morgan fingerprint density at radius 3 is 2.58 bits per heavy atom. The number of pyridine rings is 1. The Hall–Kier alpha value is -3.45. The summed E-state index contributed by atoms with van der Waals surface area (Å²) in [6.07, 6.45) is 2.14.